The second-order valence-electron chi connectivity index (χ2n) is 12.4. The summed E-state index contributed by atoms with van der Waals surface area (Å²) in [4.78, 5) is 31.9. The Kier molecular flexibility index (Phi) is 10.3. The van der Waals surface area contributed by atoms with Gasteiger partial charge in [0.25, 0.3) is 0 Å². The first-order chi connectivity index (χ1) is 20.0. The summed E-state index contributed by atoms with van der Waals surface area (Å²) < 4.78 is 5.58. The molecule has 1 saturated carbocycles. The number of aliphatic carboxylic acids is 1. The fourth-order valence-corrected chi connectivity index (χ4v) is 7.47. The molecule has 1 amide bonds. The van der Waals surface area contributed by atoms with Crippen molar-refractivity contribution >= 4 is 12.1 Å². The Hall–Kier alpha value is -2.90. The first-order valence-electron chi connectivity index (χ1n) is 15.7. The van der Waals surface area contributed by atoms with Crippen molar-refractivity contribution in [1.29, 1.82) is 0 Å². The molecule has 5 rings (SSSR count). The van der Waals surface area contributed by atoms with Gasteiger partial charge in [-0.25, -0.2) is 4.79 Å². The molecule has 7 heteroatoms. The summed E-state index contributed by atoms with van der Waals surface area (Å²) in [6.45, 7) is 4.88. The monoisotopic (exact) mass is 561 g/mol. The van der Waals surface area contributed by atoms with Crippen molar-refractivity contribution < 1.29 is 19.4 Å². The molecule has 7 nitrogen and oxygen atoms in total. The Bertz CT molecular complexity index is 1100. The lowest BCUT2D eigenvalue weighted by atomic mass is 9.83. The molecule has 2 aliphatic heterocycles. The average molecular weight is 562 g/mol. The van der Waals surface area contributed by atoms with Crippen molar-refractivity contribution in [3.63, 3.8) is 0 Å². The number of carboxylic acid groups (broad SMARTS) is 1. The van der Waals surface area contributed by atoms with Crippen LogP contribution in [0.4, 0.5) is 4.79 Å². The first-order valence-corrected chi connectivity index (χ1v) is 15.7. The normalized spacial score (nSPS) is 23.7. The predicted molar refractivity (Wildman–Crippen MR) is 161 cm³/mol. The fraction of sp³-hybridized carbons (Fsp3) is 0.588. The lowest BCUT2D eigenvalue weighted by Gasteiger charge is -2.38. The quantitative estimate of drug-likeness (QED) is 0.412. The van der Waals surface area contributed by atoms with Gasteiger partial charge in [0.05, 0.1) is 6.61 Å². The predicted octanol–water partition coefficient (Wildman–Crippen LogP) is 5.51. The average Bonchev–Trinajstić information content (AvgIpc) is 3.41. The van der Waals surface area contributed by atoms with Gasteiger partial charge in [-0.1, -0.05) is 79.9 Å². The van der Waals surface area contributed by atoms with Crippen molar-refractivity contribution in [3.05, 3.63) is 71.8 Å². The standard InChI is InChI=1S/C34H47N3O4/c1-35(34(40)41-22-19-26-11-5-2-6-12-26)30-17-20-36(21-18-30)23-29-24-37(25-31(29)27-13-7-3-8-14-27)32(33(38)39)28-15-9-4-10-16-28/h2-3,5-8,11-14,28-32H,4,9-10,15-25H2,1H3,(H,38,39). The number of carboxylic acids is 1. The van der Waals surface area contributed by atoms with E-state index in [1.54, 1.807) is 4.90 Å². The van der Waals surface area contributed by atoms with Crippen LogP contribution in [0.2, 0.25) is 0 Å². The van der Waals surface area contributed by atoms with Gasteiger partial charge in [-0.3, -0.25) is 9.69 Å². The van der Waals surface area contributed by atoms with Crippen LogP contribution < -0.4 is 0 Å². The molecule has 41 heavy (non-hydrogen) atoms. The lowest BCUT2D eigenvalue weighted by molar-refractivity contribution is -0.145. The molecule has 3 aliphatic rings. The van der Waals surface area contributed by atoms with Crippen LogP contribution in [0, 0.1) is 11.8 Å². The summed E-state index contributed by atoms with van der Waals surface area (Å²) in [6, 6.07) is 20.6. The number of rotatable bonds is 10. The summed E-state index contributed by atoms with van der Waals surface area (Å²) in [5.41, 5.74) is 2.49. The Labute approximate surface area is 245 Å². The van der Waals surface area contributed by atoms with Crippen molar-refractivity contribution in [2.75, 3.05) is 46.4 Å². The number of hydrogen-bond donors (Lipinski definition) is 1. The molecule has 222 valence electrons. The molecule has 2 aromatic rings. The van der Waals surface area contributed by atoms with Gasteiger partial charge in [-0.2, -0.15) is 0 Å². The second kappa shape index (κ2) is 14.3. The van der Waals surface area contributed by atoms with Crippen LogP contribution in [0.1, 0.15) is 62.0 Å². The Balaban J connectivity index is 1.15. The van der Waals surface area contributed by atoms with Gasteiger partial charge >= 0.3 is 12.1 Å². The number of benzene rings is 2. The summed E-state index contributed by atoms with van der Waals surface area (Å²) in [7, 11) is 1.86. The fourth-order valence-electron chi connectivity index (χ4n) is 7.47. The number of hydrogen-bond acceptors (Lipinski definition) is 5. The third kappa shape index (κ3) is 7.69. The highest BCUT2D eigenvalue weighted by Crippen LogP contribution is 2.38. The minimum absolute atomic E-state index is 0.183. The molecule has 2 saturated heterocycles. The van der Waals surface area contributed by atoms with Crippen molar-refractivity contribution in [2.45, 2.75) is 69.4 Å². The van der Waals surface area contributed by atoms with Crippen LogP contribution in [-0.4, -0.2) is 90.3 Å². The molecule has 2 heterocycles. The SMILES string of the molecule is CN(C(=O)OCCc1ccccc1)C1CCN(CC2CN(C(C(=O)O)C3CCCCC3)CC2c2ccccc2)CC1. The lowest BCUT2D eigenvalue weighted by Crippen LogP contribution is -2.48. The van der Waals surface area contributed by atoms with Crippen LogP contribution in [-0.2, 0) is 16.0 Å². The third-order valence-corrected chi connectivity index (χ3v) is 9.78. The molecule has 0 bridgehead atoms. The smallest absolute Gasteiger partial charge is 0.409 e. The minimum Gasteiger partial charge on any atom is -0.480 e. The zero-order chi connectivity index (χ0) is 28.6. The molecule has 1 aliphatic carbocycles. The Morgan fingerprint density at radius 2 is 1.59 bits per heavy atom. The molecular weight excluding hydrogens is 514 g/mol. The van der Waals surface area contributed by atoms with E-state index in [1.165, 1.54) is 17.5 Å². The topological polar surface area (TPSA) is 73.3 Å². The number of amides is 1. The third-order valence-electron chi connectivity index (χ3n) is 9.78. The van der Waals surface area contributed by atoms with Crippen LogP contribution in [0.15, 0.2) is 60.7 Å². The van der Waals surface area contributed by atoms with Crippen LogP contribution in [0.5, 0.6) is 0 Å². The van der Waals surface area contributed by atoms with E-state index in [0.717, 1.165) is 77.7 Å². The summed E-state index contributed by atoms with van der Waals surface area (Å²) in [5.74, 6) is 0.334. The van der Waals surface area contributed by atoms with Gasteiger partial charge in [-0.15, -0.1) is 0 Å². The number of carbonyl (C=O) groups excluding carboxylic acids is 1. The summed E-state index contributed by atoms with van der Waals surface area (Å²) >= 11 is 0. The molecule has 3 atom stereocenters. The van der Waals surface area contributed by atoms with E-state index in [9.17, 15) is 14.7 Å². The Morgan fingerprint density at radius 3 is 2.24 bits per heavy atom. The number of nitrogens with zero attached hydrogens (tertiary/aromatic N) is 3. The minimum atomic E-state index is -0.649. The maximum Gasteiger partial charge on any atom is 0.409 e. The molecule has 0 radical (unpaired) electrons. The van der Waals surface area contributed by atoms with Gasteiger partial charge in [0.2, 0.25) is 0 Å². The van der Waals surface area contributed by atoms with Crippen LogP contribution >= 0.6 is 0 Å². The van der Waals surface area contributed by atoms with Crippen molar-refractivity contribution in [3.8, 4) is 0 Å². The first kappa shape index (κ1) is 29.6. The molecule has 3 unspecified atom stereocenters. The van der Waals surface area contributed by atoms with E-state index in [-0.39, 0.29) is 24.1 Å². The van der Waals surface area contributed by atoms with Gasteiger partial charge in [0.1, 0.15) is 6.04 Å². The summed E-state index contributed by atoms with van der Waals surface area (Å²) in [5, 5.41) is 10.3. The molecular formula is C34H47N3O4. The number of ether oxygens (including phenoxy) is 1. The number of likely N-dealkylation sites (tertiary alicyclic amines) is 2. The van der Waals surface area contributed by atoms with Gasteiger partial charge < -0.3 is 19.6 Å². The van der Waals surface area contributed by atoms with E-state index in [0.29, 0.717) is 18.4 Å². The van der Waals surface area contributed by atoms with Crippen molar-refractivity contribution in [2.24, 2.45) is 11.8 Å². The van der Waals surface area contributed by atoms with Gasteiger partial charge in [0, 0.05) is 58.2 Å². The maximum atomic E-state index is 12.7. The molecule has 0 spiro atoms. The van der Waals surface area contributed by atoms with E-state index in [2.05, 4.69) is 52.3 Å². The highest BCUT2D eigenvalue weighted by molar-refractivity contribution is 5.74. The van der Waals surface area contributed by atoms with Crippen molar-refractivity contribution in [1.82, 2.24) is 14.7 Å². The molecule has 1 N–H and O–H groups in total. The summed E-state index contributed by atoms with van der Waals surface area (Å²) in [6.07, 6.45) is 7.94. The van der Waals surface area contributed by atoms with E-state index in [1.807, 2.05) is 25.2 Å². The Morgan fingerprint density at radius 1 is 0.927 bits per heavy atom. The zero-order valence-electron chi connectivity index (χ0n) is 24.6. The largest absolute Gasteiger partial charge is 0.480 e. The highest BCUT2D eigenvalue weighted by Gasteiger charge is 2.43. The van der Waals surface area contributed by atoms with E-state index < -0.39 is 5.97 Å². The zero-order valence-corrected chi connectivity index (χ0v) is 24.6. The van der Waals surface area contributed by atoms with Crippen LogP contribution in [0.25, 0.3) is 0 Å². The van der Waals surface area contributed by atoms with Crippen LogP contribution in [0.3, 0.4) is 0 Å². The second-order valence-corrected chi connectivity index (χ2v) is 12.4. The van der Waals surface area contributed by atoms with E-state index in [4.69, 9.17) is 4.74 Å². The maximum absolute atomic E-state index is 12.7. The molecule has 3 fully saturated rings. The highest BCUT2D eigenvalue weighted by atomic mass is 16.6. The molecule has 0 aromatic heterocycles. The van der Waals surface area contributed by atoms with Gasteiger partial charge in [-0.05, 0) is 48.6 Å². The van der Waals surface area contributed by atoms with Gasteiger partial charge in [0.15, 0.2) is 0 Å². The molecule has 2 aromatic carbocycles. The van der Waals surface area contributed by atoms with E-state index >= 15 is 0 Å². The number of piperidine rings is 1. The number of carbonyl (C=O) groups is 2.